The SMILES string of the molecule is CCC1CCCN(C(CN)c2ccc3c(c2)CCN3C)C1. The summed E-state index contributed by atoms with van der Waals surface area (Å²) in [6.07, 6.45) is 5.18. The fourth-order valence-electron chi connectivity index (χ4n) is 4.00. The first kappa shape index (κ1) is 14.9. The summed E-state index contributed by atoms with van der Waals surface area (Å²) < 4.78 is 0. The summed E-state index contributed by atoms with van der Waals surface area (Å²) in [5.41, 5.74) is 10.5. The van der Waals surface area contributed by atoms with Crippen LogP contribution in [0.5, 0.6) is 0 Å². The highest BCUT2D eigenvalue weighted by Crippen LogP contribution is 2.32. The number of benzene rings is 1. The van der Waals surface area contributed by atoms with E-state index >= 15 is 0 Å². The van der Waals surface area contributed by atoms with E-state index in [0.29, 0.717) is 6.04 Å². The Bertz CT molecular complexity index is 485. The van der Waals surface area contributed by atoms with Crippen molar-refractivity contribution in [1.29, 1.82) is 0 Å². The molecule has 0 saturated carbocycles. The first-order valence-electron chi connectivity index (χ1n) is 8.51. The summed E-state index contributed by atoms with van der Waals surface area (Å²) in [7, 11) is 2.18. The van der Waals surface area contributed by atoms with Crippen molar-refractivity contribution >= 4 is 5.69 Å². The average Bonchev–Trinajstić information content (AvgIpc) is 2.89. The maximum atomic E-state index is 6.14. The molecule has 2 heterocycles. The Labute approximate surface area is 129 Å². The van der Waals surface area contributed by atoms with Crippen LogP contribution in [0.3, 0.4) is 0 Å². The second-order valence-corrected chi connectivity index (χ2v) is 6.72. The minimum Gasteiger partial charge on any atom is -0.374 e. The van der Waals surface area contributed by atoms with Crippen molar-refractivity contribution < 1.29 is 0 Å². The first-order valence-corrected chi connectivity index (χ1v) is 8.51. The minimum atomic E-state index is 0.399. The maximum absolute atomic E-state index is 6.14. The van der Waals surface area contributed by atoms with Crippen molar-refractivity contribution in [2.24, 2.45) is 11.7 Å². The van der Waals surface area contributed by atoms with Gasteiger partial charge < -0.3 is 10.6 Å². The van der Waals surface area contributed by atoms with Crippen LogP contribution in [0.15, 0.2) is 18.2 Å². The Morgan fingerprint density at radius 1 is 1.33 bits per heavy atom. The van der Waals surface area contributed by atoms with Gasteiger partial charge in [-0.05, 0) is 48.9 Å². The molecule has 2 unspecified atom stereocenters. The van der Waals surface area contributed by atoms with Gasteiger partial charge in [0.05, 0.1) is 0 Å². The molecule has 2 atom stereocenters. The van der Waals surface area contributed by atoms with Crippen molar-refractivity contribution in [3.05, 3.63) is 29.3 Å². The molecule has 116 valence electrons. The van der Waals surface area contributed by atoms with Crippen molar-refractivity contribution in [1.82, 2.24) is 4.90 Å². The standard InChI is InChI=1S/C18H29N3/c1-3-14-5-4-9-21(13-14)18(12-19)15-6-7-17-16(11-15)8-10-20(17)2/h6-7,11,14,18H,3-5,8-10,12-13,19H2,1-2H3. The van der Waals surface area contributed by atoms with Crippen LogP contribution in [0, 0.1) is 5.92 Å². The van der Waals surface area contributed by atoms with Crippen LogP contribution < -0.4 is 10.6 Å². The molecule has 3 heteroatoms. The molecule has 0 aromatic heterocycles. The zero-order valence-corrected chi connectivity index (χ0v) is 13.5. The van der Waals surface area contributed by atoms with Gasteiger partial charge in [0.15, 0.2) is 0 Å². The Kier molecular flexibility index (Phi) is 4.51. The van der Waals surface area contributed by atoms with Crippen LogP contribution in [-0.4, -0.2) is 38.1 Å². The van der Waals surface area contributed by atoms with Gasteiger partial charge in [-0.3, -0.25) is 4.90 Å². The molecule has 0 spiro atoms. The lowest BCUT2D eigenvalue weighted by Gasteiger charge is -2.38. The van der Waals surface area contributed by atoms with Gasteiger partial charge >= 0.3 is 0 Å². The van der Waals surface area contributed by atoms with E-state index in [2.05, 4.69) is 42.0 Å². The lowest BCUT2D eigenvalue weighted by Crippen LogP contribution is -2.41. The highest BCUT2D eigenvalue weighted by Gasteiger charge is 2.26. The van der Waals surface area contributed by atoms with Gasteiger partial charge in [0.25, 0.3) is 0 Å². The molecule has 1 aromatic carbocycles. The number of nitrogens with zero attached hydrogens (tertiary/aromatic N) is 2. The van der Waals surface area contributed by atoms with Gasteiger partial charge in [-0.25, -0.2) is 0 Å². The summed E-state index contributed by atoms with van der Waals surface area (Å²) in [6, 6.07) is 7.40. The molecule has 0 aliphatic carbocycles. The molecule has 2 aliphatic rings. The monoisotopic (exact) mass is 287 g/mol. The third-order valence-electron chi connectivity index (χ3n) is 5.41. The van der Waals surface area contributed by atoms with E-state index in [0.717, 1.165) is 19.0 Å². The van der Waals surface area contributed by atoms with Gasteiger partial charge in [0.1, 0.15) is 0 Å². The van der Waals surface area contributed by atoms with E-state index < -0.39 is 0 Å². The minimum absolute atomic E-state index is 0.399. The molecule has 1 fully saturated rings. The molecular formula is C18H29N3. The lowest BCUT2D eigenvalue weighted by molar-refractivity contribution is 0.124. The number of hydrogen-bond acceptors (Lipinski definition) is 3. The summed E-state index contributed by atoms with van der Waals surface area (Å²) in [6.45, 7) is 6.61. The van der Waals surface area contributed by atoms with Crippen LogP contribution in [0.25, 0.3) is 0 Å². The fraction of sp³-hybridized carbons (Fsp3) is 0.667. The van der Waals surface area contributed by atoms with Crippen LogP contribution in [0.4, 0.5) is 5.69 Å². The topological polar surface area (TPSA) is 32.5 Å². The summed E-state index contributed by atoms with van der Waals surface area (Å²) in [5.74, 6) is 0.855. The maximum Gasteiger partial charge on any atom is 0.0470 e. The summed E-state index contributed by atoms with van der Waals surface area (Å²) in [5, 5.41) is 0. The largest absolute Gasteiger partial charge is 0.374 e. The molecule has 1 saturated heterocycles. The molecular weight excluding hydrogens is 258 g/mol. The number of fused-ring (bicyclic) bond motifs is 1. The number of likely N-dealkylation sites (N-methyl/N-ethyl adjacent to an activating group) is 1. The fourth-order valence-corrected chi connectivity index (χ4v) is 4.00. The summed E-state index contributed by atoms with van der Waals surface area (Å²) in [4.78, 5) is 4.97. The van der Waals surface area contributed by atoms with Gasteiger partial charge in [0, 0.05) is 38.4 Å². The smallest absolute Gasteiger partial charge is 0.0470 e. The molecule has 0 radical (unpaired) electrons. The second kappa shape index (κ2) is 6.37. The van der Waals surface area contributed by atoms with Crippen LogP contribution in [0.1, 0.15) is 43.4 Å². The predicted molar refractivity (Wildman–Crippen MR) is 89.8 cm³/mol. The van der Waals surface area contributed by atoms with E-state index in [-0.39, 0.29) is 0 Å². The lowest BCUT2D eigenvalue weighted by atomic mass is 9.92. The Balaban J connectivity index is 1.80. The van der Waals surface area contributed by atoms with Gasteiger partial charge in [-0.15, -0.1) is 0 Å². The molecule has 2 N–H and O–H groups in total. The average molecular weight is 287 g/mol. The van der Waals surface area contributed by atoms with Crippen LogP contribution in [-0.2, 0) is 6.42 Å². The Hall–Kier alpha value is -1.06. The van der Waals surface area contributed by atoms with Gasteiger partial charge in [-0.2, -0.15) is 0 Å². The van der Waals surface area contributed by atoms with Gasteiger partial charge in [0.2, 0.25) is 0 Å². The number of piperidine rings is 1. The zero-order chi connectivity index (χ0) is 14.8. The normalized spacial score (nSPS) is 24.1. The second-order valence-electron chi connectivity index (χ2n) is 6.72. The van der Waals surface area contributed by atoms with Crippen molar-refractivity contribution in [3.8, 4) is 0 Å². The molecule has 2 aliphatic heterocycles. The van der Waals surface area contributed by atoms with Gasteiger partial charge in [-0.1, -0.05) is 25.5 Å². The summed E-state index contributed by atoms with van der Waals surface area (Å²) >= 11 is 0. The first-order chi connectivity index (χ1) is 10.2. The zero-order valence-electron chi connectivity index (χ0n) is 13.5. The number of rotatable bonds is 4. The molecule has 1 aromatic rings. The molecule has 0 amide bonds. The van der Waals surface area contributed by atoms with Crippen LogP contribution >= 0.6 is 0 Å². The number of nitrogens with two attached hydrogens (primary N) is 1. The van der Waals surface area contributed by atoms with E-state index in [1.807, 2.05) is 0 Å². The highest BCUT2D eigenvalue weighted by molar-refractivity contribution is 5.58. The van der Waals surface area contributed by atoms with Crippen molar-refractivity contribution in [2.45, 2.75) is 38.6 Å². The Morgan fingerprint density at radius 3 is 2.95 bits per heavy atom. The van der Waals surface area contributed by atoms with Crippen molar-refractivity contribution in [2.75, 3.05) is 38.1 Å². The van der Waals surface area contributed by atoms with E-state index in [1.54, 1.807) is 0 Å². The third-order valence-corrected chi connectivity index (χ3v) is 5.41. The quantitative estimate of drug-likeness (QED) is 0.924. The van der Waals surface area contributed by atoms with Crippen molar-refractivity contribution in [3.63, 3.8) is 0 Å². The number of likely N-dealkylation sites (tertiary alicyclic amines) is 1. The number of anilines is 1. The van der Waals surface area contributed by atoms with E-state index in [1.165, 1.54) is 55.6 Å². The Morgan fingerprint density at radius 2 is 2.19 bits per heavy atom. The van der Waals surface area contributed by atoms with E-state index in [4.69, 9.17) is 5.73 Å². The highest BCUT2D eigenvalue weighted by atomic mass is 15.2. The molecule has 3 rings (SSSR count). The molecule has 21 heavy (non-hydrogen) atoms. The third kappa shape index (κ3) is 2.95. The predicted octanol–water partition coefficient (Wildman–Crippen LogP) is 2.80. The molecule has 3 nitrogen and oxygen atoms in total. The number of hydrogen-bond donors (Lipinski definition) is 1. The molecule has 0 bridgehead atoms. The van der Waals surface area contributed by atoms with E-state index in [9.17, 15) is 0 Å². The van der Waals surface area contributed by atoms with Crippen LogP contribution in [0.2, 0.25) is 0 Å².